The van der Waals surface area contributed by atoms with Gasteiger partial charge in [0.15, 0.2) is 0 Å². The largest absolute Gasteiger partial charge is 0.377 e. The normalized spacial score (nSPS) is 27.9. The van der Waals surface area contributed by atoms with Crippen molar-refractivity contribution in [3.05, 3.63) is 0 Å². The van der Waals surface area contributed by atoms with E-state index in [1.54, 1.807) is 0 Å². The van der Waals surface area contributed by atoms with Gasteiger partial charge in [0.25, 0.3) is 0 Å². The molecule has 2 fully saturated rings. The molecule has 0 saturated heterocycles. The number of methoxy groups -OCH3 is 1. The molecular formula is C15H29NO. The van der Waals surface area contributed by atoms with Gasteiger partial charge in [0.05, 0.1) is 5.60 Å². The molecule has 2 rings (SSSR count). The fraction of sp³-hybridized carbons (Fsp3) is 1.00. The molecular weight excluding hydrogens is 210 g/mol. The van der Waals surface area contributed by atoms with Gasteiger partial charge in [-0.05, 0) is 25.2 Å². The molecule has 2 saturated carbocycles. The molecule has 0 heterocycles. The summed E-state index contributed by atoms with van der Waals surface area (Å²) in [5, 5.41) is 0. The van der Waals surface area contributed by atoms with Crippen molar-refractivity contribution in [2.24, 2.45) is 11.7 Å². The Balaban J connectivity index is 1.89. The topological polar surface area (TPSA) is 35.2 Å². The number of hydrogen-bond donors (Lipinski definition) is 1. The molecule has 0 radical (unpaired) electrons. The van der Waals surface area contributed by atoms with Crippen LogP contribution in [0.3, 0.4) is 0 Å². The molecule has 2 nitrogen and oxygen atoms in total. The molecule has 2 N–H and O–H groups in total. The Morgan fingerprint density at radius 3 is 2.24 bits per heavy atom. The number of nitrogens with two attached hydrogens (primary N) is 1. The molecule has 0 bridgehead atoms. The third-order valence-corrected chi connectivity index (χ3v) is 5.09. The Bertz CT molecular complexity index is 217. The molecule has 2 heteroatoms. The van der Waals surface area contributed by atoms with E-state index in [0.29, 0.717) is 0 Å². The molecule has 2 aliphatic carbocycles. The number of ether oxygens (including phenoxy) is 1. The summed E-state index contributed by atoms with van der Waals surface area (Å²) in [5.74, 6) is 0.868. The molecule has 2 aliphatic rings. The maximum absolute atomic E-state index is 6.50. The third kappa shape index (κ3) is 3.23. The highest BCUT2D eigenvalue weighted by molar-refractivity contribution is 4.94. The maximum Gasteiger partial charge on any atom is 0.0828 e. The van der Waals surface area contributed by atoms with Gasteiger partial charge in [0.1, 0.15) is 0 Å². The van der Waals surface area contributed by atoms with E-state index in [-0.39, 0.29) is 11.6 Å². The number of hydrogen-bond acceptors (Lipinski definition) is 2. The summed E-state index contributed by atoms with van der Waals surface area (Å²) in [6.45, 7) is 0. The molecule has 0 aromatic rings. The van der Waals surface area contributed by atoms with Gasteiger partial charge < -0.3 is 10.5 Å². The average Bonchev–Trinajstić information content (AvgIpc) is 2.40. The lowest BCUT2D eigenvalue weighted by molar-refractivity contribution is -0.0639. The molecule has 0 aromatic heterocycles. The second kappa shape index (κ2) is 6.19. The van der Waals surface area contributed by atoms with E-state index in [2.05, 4.69) is 0 Å². The second-order valence-electron chi connectivity index (χ2n) is 6.18. The van der Waals surface area contributed by atoms with Crippen molar-refractivity contribution in [2.45, 2.75) is 82.3 Å². The fourth-order valence-corrected chi connectivity index (χ4v) is 3.87. The standard InChI is InChI=1S/C15H29NO/c1-17-15(10-6-3-7-11-15)14(16)12-13-8-4-2-5-9-13/h13-14H,2-12,16H2,1H3. The zero-order valence-corrected chi connectivity index (χ0v) is 11.4. The summed E-state index contributed by atoms with van der Waals surface area (Å²) in [7, 11) is 1.87. The van der Waals surface area contributed by atoms with E-state index >= 15 is 0 Å². The summed E-state index contributed by atoms with van der Waals surface area (Å²) in [4.78, 5) is 0. The quantitative estimate of drug-likeness (QED) is 0.813. The average molecular weight is 239 g/mol. The van der Waals surface area contributed by atoms with Crippen molar-refractivity contribution in [1.82, 2.24) is 0 Å². The van der Waals surface area contributed by atoms with Crippen LogP contribution < -0.4 is 5.73 Å². The molecule has 0 aromatic carbocycles. The number of rotatable bonds is 4. The summed E-state index contributed by atoms with van der Waals surface area (Å²) >= 11 is 0. The van der Waals surface area contributed by atoms with Gasteiger partial charge in [0, 0.05) is 13.2 Å². The second-order valence-corrected chi connectivity index (χ2v) is 6.18. The fourth-order valence-electron chi connectivity index (χ4n) is 3.87. The molecule has 0 amide bonds. The monoisotopic (exact) mass is 239 g/mol. The lowest BCUT2D eigenvalue weighted by Crippen LogP contribution is -2.51. The van der Waals surface area contributed by atoms with E-state index < -0.39 is 0 Å². The van der Waals surface area contributed by atoms with Gasteiger partial charge in [0.2, 0.25) is 0 Å². The van der Waals surface area contributed by atoms with Crippen molar-refractivity contribution in [1.29, 1.82) is 0 Å². The highest BCUT2D eigenvalue weighted by atomic mass is 16.5. The van der Waals surface area contributed by atoms with E-state index in [1.807, 2.05) is 7.11 Å². The summed E-state index contributed by atoms with van der Waals surface area (Å²) in [5.41, 5.74) is 6.51. The lowest BCUT2D eigenvalue weighted by Gasteiger charge is -2.42. The molecule has 100 valence electrons. The SMILES string of the molecule is COC1(C(N)CC2CCCCC2)CCCCC1. The summed E-state index contributed by atoms with van der Waals surface area (Å²) < 4.78 is 5.86. The lowest BCUT2D eigenvalue weighted by atomic mass is 9.74. The first-order chi connectivity index (χ1) is 8.27. The molecule has 0 spiro atoms. The van der Waals surface area contributed by atoms with Crippen molar-refractivity contribution < 1.29 is 4.74 Å². The molecule has 1 atom stereocenters. The molecule has 0 aliphatic heterocycles. The van der Waals surface area contributed by atoms with Crippen LogP contribution >= 0.6 is 0 Å². The van der Waals surface area contributed by atoms with Crippen LogP contribution in [-0.4, -0.2) is 18.8 Å². The first-order valence-electron chi connectivity index (χ1n) is 7.57. The smallest absolute Gasteiger partial charge is 0.0828 e. The van der Waals surface area contributed by atoms with Crippen molar-refractivity contribution in [3.8, 4) is 0 Å². The van der Waals surface area contributed by atoms with E-state index in [0.717, 1.165) is 5.92 Å². The van der Waals surface area contributed by atoms with Crippen LogP contribution in [0.15, 0.2) is 0 Å². The predicted molar refractivity (Wildman–Crippen MR) is 72.0 cm³/mol. The minimum atomic E-state index is 0.00962. The maximum atomic E-state index is 6.50. The van der Waals surface area contributed by atoms with Crippen LogP contribution in [-0.2, 0) is 4.74 Å². The minimum Gasteiger partial charge on any atom is -0.377 e. The zero-order valence-electron chi connectivity index (χ0n) is 11.4. The zero-order chi connectivity index (χ0) is 12.1. The van der Waals surface area contributed by atoms with Crippen LogP contribution in [0.25, 0.3) is 0 Å². The Kier molecular flexibility index (Phi) is 4.87. The van der Waals surface area contributed by atoms with E-state index in [1.165, 1.54) is 70.6 Å². The molecule has 17 heavy (non-hydrogen) atoms. The highest BCUT2D eigenvalue weighted by Crippen LogP contribution is 2.37. The Hall–Kier alpha value is -0.0800. The summed E-state index contributed by atoms with van der Waals surface area (Å²) in [6, 6.07) is 0.260. The first kappa shape index (κ1) is 13.4. The molecule has 1 unspecified atom stereocenters. The Labute approximate surface area is 106 Å². The van der Waals surface area contributed by atoms with Gasteiger partial charge in [-0.15, -0.1) is 0 Å². The Morgan fingerprint density at radius 2 is 1.65 bits per heavy atom. The summed E-state index contributed by atoms with van der Waals surface area (Å²) in [6.07, 6.45) is 14.6. The van der Waals surface area contributed by atoms with Crippen molar-refractivity contribution in [2.75, 3.05) is 7.11 Å². The van der Waals surface area contributed by atoms with Crippen LogP contribution in [0, 0.1) is 5.92 Å². The highest BCUT2D eigenvalue weighted by Gasteiger charge is 2.38. The van der Waals surface area contributed by atoms with Crippen LogP contribution in [0.1, 0.15) is 70.6 Å². The van der Waals surface area contributed by atoms with Gasteiger partial charge >= 0.3 is 0 Å². The minimum absolute atomic E-state index is 0.00962. The van der Waals surface area contributed by atoms with Gasteiger partial charge in [-0.1, -0.05) is 51.4 Å². The van der Waals surface area contributed by atoms with Gasteiger partial charge in [-0.2, -0.15) is 0 Å². The van der Waals surface area contributed by atoms with Crippen LogP contribution in [0.2, 0.25) is 0 Å². The van der Waals surface area contributed by atoms with Crippen LogP contribution in [0.5, 0.6) is 0 Å². The van der Waals surface area contributed by atoms with Crippen LogP contribution in [0.4, 0.5) is 0 Å². The van der Waals surface area contributed by atoms with E-state index in [4.69, 9.17) is 10.5 Å². The Morgan fingerprint density at radius 1 is 1.06 bits per heavy atom. The van der Waals surface area contributed by atoms with Crippen molar-refractivity contribution in [3.63, 3.8) is 0 Å². The van der Waals surface area contributed by atoms with E-state index in [9.17, 15) is 0 Å². The third-order valence-electron chi connectivity index (χ3n) is 5.09. The van der Waals surface area contributed by atoms with Gasteiger partial charge in [-0.25, -0.2) is 0 Å². The van der Waals surface area contributed by atoms with Crippen molar-refractivity contribution >= 4 is 0 Å². The predicted octanol–water partition coefficient (Wildman–Crippen LogP) is 3.63. The van der Waals surface area contributed by atoms with Gasteiger partial charge in [-0.3, -0.25) is 0 Å². The first-order valence-corrected chi connectivity index (χ1v) is 7.57.